The molecule has 7 nitrogen and oxygen atoms in total. The van der Waals surface area contributed by atoms with Crippen molar-refractivity contribution in [2.24, 2.45) is 5.92 Å². The van der Waals surface area contributed by atoms with E-state index in [0.29, 0.717) is 30.6 Å². The van der Waals surface area contributed by atoms with Gasteiger partial charge in [-0.3, -0.25) is 9.59 Å². The van der Waals surface area contributed by atoms with Crippen molar-refractivity contribution >= 4 is 46.7 Å². The molecule has 2 heterocycles. The Morgan fingerprint density at radius 3 is 2.70 bits per heavy atom. The Bertz CT molecular complexity index is 1020. The quantitative estimate of drug-likeness (QED) is 0.370. The van der Waals surface area contributed by atoms with E-state index >= 15 is 0 Å². The van der Waals surface area contributed by atoms with Crippen molar-refractivity contribution < 1.29 is 14.0 Å². The van der Waals surface area contributed by atoms with E-state index in [0.717, 1.165) is 37.4 Å². The molecule has 10 heteroatoms. The Morgan fingerprint density at radius 1 is 1.21 bits per heavy atom. The van der Waals surface area contributed by atoms with E-state index in [1.807, 2.05) is 4.90 Å². The summed E-state index contributed by atoms with van der Waals surface area (Å²) in [5.41, 5.74) is 0.134. The molecule has 2 aromatic rings. The van der Waals surface area contributed by atoms with Gasteiger partial charge in [0.2, 0.25) is 11.8 Å². The van der Waals surface area contributed by atoms with E-state index in [2.05, 4.69) is 27.1 Å². The van der Waals surface area contributed by atoms with Crippen LogP contribution in [-0.2, 0) is 9.59 Å². The smallest absolute Gasteiger partial charge is 0.234 e. The van der Waals surface area contributed by atoms with Gasteiger partial charge in [-0.1, -0.05) is 48.3 Å². The van der Waals surface area contributed by atoms with E-state index in [9.17, 15) is 14.0 Å². The lowest BCUT2D eigenvalue weighted by Crippen LogP contribution is -2.55. The monoisotopic (exact) mass is 491 g/mol. The van der Waals surface area contributed by atoms with Gasteiger partial charge in [-0.25, -0.2) is 14.4 Å². The minimum Gasteiger partial charge on any atom is -0.353 e. The molecule has 2 fully saturated rings. The molecule has 1 saturated heterocycles. The summed E-state index contributed by atoms with van der Waals surface area (Å²) >= 11 is 7.37. The second-order valence-corrected chi connectivity index (χ2v) is 9.79. The number of para-hydroxylation sites is 1. The maximum Gasteiger partial charge on any atom is 0.234 e. The first-order chi connectivity index (χ1) is 15.9. The average molecular weight is 492 g/mol. The third-order valence-electron chi connectivity index (χ3n) is 6.08. The summed E-state index contributed by atoms with van der Waals surface area (Å²) in [6.45, 7) is 4.02. The van der Waals surface area contributed by atoms with Crippen LogP contribution in [0, 0.1) is 11.7 Å². The van der Waals surface area contributed by atoms with Crippen LogP contribution in [0.1, 0.15) is 32.6 Å². The average Bonchev–Trinajstić information content (AvgIpc) is 3.33. The SMILES string of the molecule is CC1CN(c2cc(Cl)nc(SCC(=O)Nc3ccccc3F)n2)CCN1C(=O)C1CCCC1. The van der Waals surface area contributed by atoms with Crippen LogP contribution in [0.5, 0.6) is 0 Å². The molecule has 1 atom stereocenters. The largest absolute Gasteiger partial charge is 0.353 e. The van der Waals surface area contributed by atoms with Gasteiger partial charge in [0.25, 0.3) is 0 Å². The minimum absolute atomic E-state index is 0.0220. The molecule has 4 rings (SSSR count). The van der Waals surface area contributed by atoms with Gasteiger partial charge in [0.15, 0.2) is 5.16 Å². The Morgan fingerprint density at radius 2 is 1.97 bits per heavy atom. The number of hydrogen-bond acceptors (Lipinski definition) is 6. The number of carbonyl (C=O) groups is 2. The lowest BCUT2D eigenvalue weighted by molar-refractivity contribution is -0.137. The van der Waals surface area contributed by atoms with Crippen LogP contribution in [0.2, 0.25) is 5.15 Å². The van der Waals surface area contributed by atoms with Gasteiger partial charge in [-0.15, -0.1) is 0 Å². The number of rotatable bonds is 6. The number of benzene rings is 1. The van der Waals surface area contributed by atoms with Crippen molar-refractivity contribution in [2.75, 3.05) is 35.6 Å². The van der Waals surface area contributed by atoms with Crippen molar-refractivity contribution in [2.45, 2.75) is 43.8 Å². The number of thioether (sulfide) groups is 1. The summed E-state index contributed by atoms with van der Waals surface area (Å²) in [4.78, 5) is 38.0. The van der Waals surface area contributed by atoms with Crippen LogP contribution in [0.4, 0.5) is 15.9 Å². The van der Waals surface area contributed by atoms with Crippen LogP contribution >= 0.6 is 23.4 Å². The van der Waals surface area contributed by atoms with Crippen LogP contribution in [0.25, 0.3) is 0 Å². The zero-order valence-electron chi connectivity index (χ0n) is 18.5. The highest BCUT2D eigenvalue weighted by atomic mass is 35.5. The highest BCUT2D eigenvalue weighted by molar-refractivity contribution is 7.99. The van der Waals surface area contributed by atoms with Crippen LogP contribution in [-0.4, -0.2) is 58.1 Å². The standard InChI is InChI=1S/C23H27ClFN5O2S/c1-15-13-29(10-11-30(15)22(32)16-6-2-3-7-16)20-12-19(24)27-23(28-20)33-14-21(31)26-18-9-5-4-8-17(18)25/h4-5,8-9,12,15-16H,2-3,6-7,10-11,13-14H2,1H3,(H,26,31). The Labute approximate surface area is 202 Å². The third kappa shape index (κ3) is 5.95. The lowest BCUT2D eigenvalue weighted by atomic mass is 10.0. The topological polar surface area (TPSA) is 78.4 Å². The van der Waals surface area contributed by atoms with E-state index < -0.39 is 5.82 Å². The van der Waals surface area contributed by atoms with E-state index in [1.165, 1.54) is 12.1 Å². The van der Waals surface area contributed by atoms with Crippen LogP contribution in [0.3, 0.4) is 0 Å². The van der Waals surface area contributed by atoms with Crippen LogP contribution < -0.4 is 10.2 Å². The predicted octanol–water partition coefficient (Wildman–Crippen LogP) is 4.23. The number of anilines is 2. The van der Waals surface area contributed by atoms with Gasteiger partial charge < -0.3 is 15.1 Å². The van der Waals surface area contributed by atoms with Gasteiger partial charge in [0.05, 0.1) is 11.4 Å². The fourth-order valence-electron chi connectivity index (χ4n) is 4.39. The van der Waals surface area contributed by atoms with E-state index in [1.54, 1.807) is 18.2 Å². The maximum absolute atomic E-state index is 13.7. The molecule has 1 aromatic heterocycles. The minimum atomic E-state index is -0.489. The molecular formula is C23H27ClFN5O2S. The number of amides is 2. The van der Waals surface area contributed by atoms with Gasteiger partial charge >= 0.3 is 0 Å². The van der Waals surface area contributed by atoms with E-state index in [4.69, 9.17) is 11.6 Å². The number of halogens is 2. The Hall–Kier alpha value is -2.39. The molecular weight excluding hydrogens is 465 g/mol. The van der Waals surface area contributed by atoms with Gasteiger partial charge in [0.1, 0.15) is 16.8 Å². The summed E-state index contributed by atoms with van der Waals surface area (Å²) in [5.74, 6) is 0.295. The fourth-order valence-corrected chi connectivity index (χ4v) is 5.27. The Balaban J connectivity index is 1.35. The fraction of sp³-hybridized carbons (Fsp3) is 0.478. The first-order valence-corrected chi connectivity index (χ1v) is 12.5. The Kier molecular flexibility index (Phi) is 7.70. The number of carbonyl (C=O) groups excluding carboxylic acids is 2. The zero-order chi connectivity index (χ0) is 23.4. The molecule has 0 spiro atoms. The first-order valence-electron chi connectivity index (χ1n) is 11.2. The van der Waals surface area contributed by atoms with E-state index in [-0.39, 0.29) is 40.4 Å². The zero-order valence-corrected chi connectivity index (χ0v) is 20.0. The molecule has 1 saturated carbocycles. The summed E-state index contributed by atoms with van der Waals surface area (Å²) < 4.78 is 13.7. The number of piperazine rings is 1. The van der Waals surface area contributed by atoms with Crippen molar-refractivity contribution in [3.8, 4) is 0 Å². The first kappa shape index (κ1) is 23.8. The molecule has 1 aromatic carbocycles. The molecule has 2 aliphatic rings. The highest BCUT2D eigenvalue weighted by Crippen LogP contribution is 2.29. The number of aromatic nitrogens is 2. The molecule has 1 N–H and O–H groups in total. The van der Waals surface area contributed by atoms with Crippen molar-refractivity contribution in [1.29, 1.82) is 0 Å². The summed E-state index contributed by atoms with van der Waals surface area (Å²) in [5, 5.41) is 3.21. The second kappa shape index (κ2) is 10.7. The summed E-state index contributed by atoms with van der Waals surface area (Å²) in [7, 11) is 0. The molecule has 1 aliphatic carbocycles. The molecule has 33 heavy (non-hydrogen) atoms. The third-order valence-corrected chi connectivity index (χ3v) is 7.12. The number of nitrogens with zero attached hydrogens (tertiary/aromatic N) is 4. The normalized spacial score (nSPS) is 19.1. The summed E-state index contributed by atoms with van der Waals surface area (Å²) in [6, 6.07) is 7.78. The lowest BCUT2D eigenvalue weighted by Gasteiger charge is -2.41. The molecule has 1 unspecified atom stereocenters. The predicted molar refractivity (Wildman–Crippen MR) is 128 cm³/mol. The highest BCUT2D eigenvalue weighted by Gasteiger charge is 2.33. The molecule has 2 amide bonds. The molecule has 0 bridgehead atoms. The maximum atomic E-state index is 13.7. The van der Waals surface area contributed by atoms with Gasteiger partial charge in [-0.05, 0) is 31.9 Å². The summed E-state index contributed by atoms with van der Waals surface area (Å²) in [6.07, 6.45) is 4.28. The number of hydrogen-bond donors (Lipinski definition) is 1. The molecule has 0 radical (unpaired) electrons. The van der Waals surface area contributed by atoms with Crippen molar-refractivity contribution in [3.63, 3.8) is 0 Å². The number of nitrogens with one attached hydrogen (secondary N) is 1. The van der Waals surface area contributed by atoms with Gasteiger partial charge in [-0.2, -0.15) is 0 Å². The second-order valence-electron chi connectivity index (χ2n) is 8.46. The van der Waals surface area contributed by atoms with Crippen molar-refractivity contribution in [1.82, 2.24) is 14.9 Å². The van der Waals surface area contributed by atoms with Gasteiger partial charge in [0, 0.05) is 37.7 Å². The van der Waals surface area contributed by atoms with Crippen molar-refractivity contribution in [3.05, 3.63) is 41.3 Å². The molecule has 176 valence electrons. The molecule has 1 aliphatic heterocycles. The van der Waals surface area contributed by atoms with Crippen LogP contribution in [0.15, 0.2) is 35.5 Å².